The number of fused-ring (bicyclic) bond motifs is 3. The van der Waals surface area contributed by atoms with Crippen LogP contribution >= 0.6 is 0 Å². The molecule has 1 atom stereocenters. The predicted octanol–water partition coefficient (Wildman–Crippen LogP) is 22.5. The highest BCUT2D eigenvalue weighted by Gasteiger charge is 2.18. The highest BCUT2D eigenvalue weighted by molar-refractivity contribution is 5.83. The molecule has 0 aromatic heterocycles. The number of methoxy groups -OCH3 is 5. The van der Waals surface area contributed by atoms with Gasteiger partial charge in [0.2, 0.25) is 0 Å². The highest BCUT2D eigenvalue weighted by Crippen LogP contribution is 2.13. The number of hydrogen-bond acceptors (Lipinski definition) is 6. The highest BCUT2D eigenvalue weighted by atomic mass is 16.6. The van der Waals surface area contributed by atoms with Crippen molar-refractivity contribution in [3.05, 3.63) is 218 Å². The lowest BCUT2D eigenvalue weighted by Crippen LogP contribution is -1.73. The van der Waals surface area contributed by atoms with Gasteiger partial charge in [-0.2, -0.15) is 0 Å². The summed E-state index contributed by atoms with van der Waals surface area (Å²) in [6.45, 7) is 28.3. The third-order valence-electron chi connectivity index (χ3n) is 7.87. The summed E-state index contributed by atoms with van der Waals surface area (Å²) < 4.78 is 26.1. The summed E-state index contributed by atoms with van der Waals surface area (Å²) >= 11 is 0. The standard InChI is InChI=1S/3C10H8.2C6H6.C5H12.C4H8O.3C3H8.5C2H6O.2C2H6/c3*1-2-6-10-8-4-3-7-9(10)5-1;2*1-2-4-6-5-3-1;1-3-5-4-2;1-2-4-3-5-4;8*1-3-2;2*1-2/h3*1-8H;2*1-6H;3-5H2,1-2H3;4H,2-3H2,1H3;3*3H2,1-2H3;5*1-2H3;2*1-2H3. The Morgan fingerprint density at radius 3 is 0.438 bits per heavy atom. The van der Waals surface area contributed by atoms with Gasteiger partial charge in [-0.3, -0.25) is 0 Å². The average Bonchev–Trinajstić information content (AvgIpc) is 4.36. The Bertz CT molecular complexity index is 1670. The topological polar surface area (TPSA) is 58.7 Å². The van der Waals surface area contributed by atoms with Crippen LogP contribution in [0.4, 0.5) is 0 Å². The summed E-state index contributed by atoms with van der Waals surface area (Å²) in [4.78, 5) is 0. The van der Waals surface area contributed by atoms with Crippen LogP contribution in [-0.2, 0) is 28.4 Å². The van der Waals surface area contributed by atoms with Crippen LogP contribution in [0.15, 0.2) is 218 Å². The number of rotatable bonds is 3. The molecule has 0 bridgehead atoms. The summed E-state index contributed by atoms with van der Waals surface area (Å²) in [5.41, 5.74) is 0. The quantitative estimate of drug-likeness (QED) is 0.164. The molecule has 0 saturated carbocycles. The molecule has 6 nitrogen and oxygen atoms in total. The molecule has 1 saturated heterocycles. The summed E-state index contributed by atoms with van der Waals surface area (Å²) in [6, 6.07) is 74.1. The Morgan fingerprint density at radius 2 is 0.388 bits per heavy atom. The van der Waals surface area contributed by atoms with Gasteiger partial charge in [0.1, 0.15) is 0 Å². The van der Waals surface area contributed by atoms with Gasteiger partial charge in [0.05, 0.1) is 12.7 Å². The molecule has 0 spiro atoms. The second-order valence-electron chi connectivity index (χ2n) is 16.2. The first-order valence-electron chi connectivity index (χ1n) is 29.0. The molecule has 9 rings (SSSR count). The monoisotopic (exact) mass is 1110 g/mol. The maximum atomic E-state index is 4.86. The van der Waals surface area contributed by atoms with Crippen LogP contribution in [0, 0.1) is 0 Å². The number of epoxide rings is 1. The zero-order chi connectivity index (χ0) is 62.4. The van der Waals surface area contributed by atoms with Gasteiger partial charge in [-0.05, 0) is 38.7 Å². The van der Waals surface area contributed by atoms with E-state index in [1.54, 1.807) is 71.1 Å². The summed E-state index contributed by atoms with van der Waals surface area (Å²) in [5, 5.41) is 7.86. The summed E-state index contributed by atoms with van der Waals surface area (Å²) in [6.07, 6.45) is 9.66. The number of unbranched alkanes of at least 4 members (excludes halogenated alkanes) is 2. The summed E-state index contributed by atoms with van der Waals surface area (Å²) in [5.74, 6) is 0. The first-order chi connectivity index (χ1) is 39.1. The van der Waals surface area contributed by atoms with E-state index in [0.29, 0.717) is 6.10 Å². The Labute approximate surface area is 495 Å². The Hall–Kier alpha value is -5.70. The number of ether oxygens (including phenoxy) is 6. The van der Waals surface area contributed by atoms with Gasteiger partial charge in [0.15, 0.2) is 0 Å². The first-order valence-corrected chi connectivity index (χ1v) is 29.0. The molecule has 1 heterocycles. The van der Waals surface area contributed by atoms with Crippen LogP contribution < -0.4 is 0 Å². The molecule has 6 heteroatoms. The van der Waals surface area contributed by atoms with Crippen molar-refractivity contribution in [2.45, 2.75) is 141 Å². The van der Waals surface area contributed by atoms with Crippen molar-refractivity contribution >= 4 is 32.3 Å². The van der Waals surface area contributed by atoms with Crippen LogP contribution in [0.3, 0.4) is 0 Å². The fourth-order valence-corrected chi connectivity index (χ4v) is 4.83. The Balaban J connectivity index is -0.000000118. The molecule has 8 aromatic rings. The minimum Gasteiger partial charge on any atom is -0.388 e. The van der Waals surface area contributed by atoms with E-state index in [4.69, 9.17) is 4.74 Å². The second-order valence-corrected chi connectivity index (χ2v) is 16.2. The Morgan fingerprint density at radius 1 is 0.275 bits per heavy atom. The van der Waals surface area contributed by atoms with E-state index in [-0.39, 0.29) is 0 Å². The Kier molecular flexibility index (Phi) is 102. The molecule has 0 amide bonds. The number of benzene rings is 8. The van der Waals surface area contributed by atoms with Crippen molar-refractivity contribution in [1.29, 1.82) is 0 Å². The number of hydrogen-bond donors (Lipinski definition) is 0. The third kappa shape index (κ3) is 81.1. The van der Waals surface area contributed by atoms with E-state index >= 15 is 0 Å². The molecule has 1 aliphatic rings. The fraction of sp³-hybridized carbons (Fsp3) is 0.432. The fourth-order valence-electron chi connectivity index (χ4n) is 4.83. The SMILES string of the molecule is CC.CC.CCC.CCC.CCC.CCC1CO1.CCCCC.COC.COC.COC.COC.COC.c1ccc2ccccc2c1.c1ccc2ccccc2c1.c1ccc2ccccc2c1.c1ccccc1.c1ccccc1. The molecule has 0 aliphatic carbocycles. The molecule has 0 radical (unpaired) electrons. The third-order valence-corrected chi connectivity index (χ3v) is 7.87. The smallest absolute Gasteiger partial charge is 0.0807 e. The second kappa shape index (κ2) is 89.9. The average molecular weight is 1110 g/mol. The van der Waals surface area contributed by atoms with Crippen molar-refractivity contribution in [2.24, 2.45) is 0 Å². The van der Waals surface area contributed by atoms with Gasteiger partial charge < -0.3 is 28.4 Å². The minimum atomic E-state index is 0.634. The van der Waals surface area contributed by atoms with Gasteiger partial charge in [-0.1, -0.05) is 347 Å². The van der Waals surface area contributed by atoms with E-state index in [9.17, 15) is 0 Å². The molecule has 8 aromatic carbocycles. The lowest BCUT2D eigenvalue weighted by molar-refractivity contribution is 0.277. The van der Waals surface area contributed by atoms with Crippen molar-refractivity contribution in [1.82, 2.24) is 0 Å². The normalized spacial score (nSPS) is 9.56. The zero-order valence-electron chi connectivity index (χ0n) is 55.5. The van der Waals surface area contributed by atoms with Gasteiger partial charge in [0.25, 0.3) is 0 Å². The maximum Gasteiger partial charge on any atom is 0.0807 e. The van der Waals surface area contributed by atoms with Crippen molar-refractivity contribution < 1.29 is 28.4 Å². The largest absolute Gasteiger partial charge is 0.388 e. The van der Waals surface area contributed by atoms with E-state index < -0.39 is 0 Å². The zero-order valence-corrected chi connectivity index (χ0v) is 55.5. The van der Waals surface area contributed by atoms with E-state index in [1.807, 2.05) is 100 Å². The maximum absolute atomic E-state index is 4.86. The van der Waals surface area contributed by atoms with Gasteiger partial charge in [-0.15, -0.1) is 0 Å². The lowest BCUT2D eigenvalue weighted by atomic mass is 10.1. The van der Waals surface area contributed by atoms with Crippen LogP contribution in [0.5, 0.6) is 0 Å². The van der Waals surface area contributed by atoms with Crippen molar-refractivity contribution in [3.8, 4) is 0 Å². The van der Waals surface area contributed by atoms with Gasteiger partial charge in [-0.25, -0.2) is 0 Å². The minimum absolute atomic E-state index is 0.634. The van der Waals surface area contributed by atoms with E-state index in [0.717, 1.165) is 6.61 Å². The molecule has 1 fully saturated rings. The van der Waals surface area contributed by atoms with Crippen molar-refractivity contribution in [2.75, 3.05) is 77.7 Å². The molecule has 1 unspecified atom stereocenters. The van der Waals surface area contributed by atoms with Crippen LogP contribution in [0.1, 0.15) is 135 Å². The van der Waals surface area contributed by atoms with Crippen LogP contribution in [-0.4, -0.2) is 83.8 Å². The predicted molar refractivity (Wildman–Crippen MR) is 365 cm³/mol. The summed E-state index contributed by atoms with van der Waals surface area (Å²) in [7, 11) is 16.2. The molecule has 1 aliphatic heterocycles. The molecule has 454 valence electrons. The van der Waals surface area contributed by atoms with E-state index in [2.05, 4.69) is 232 Å². The molecule has 80 heavy (non-hydrogen) atoms. The van der Waals surface area contributed by atoms with Crippen LogP contribution in [0.2, 0.25) is 0 Å². The lowest BCUT2D eigenvalue weighted by Gasteiger charge is -1.92. The molecular weight excluding hydrogens is 985 g/mol. The molecule has 0 N–H and O–H groups in total. The van der Waals surface area contributed by atoms with Gasteiger partial charge in [0, 0.05) is 71.1 Å². The molecular formula is C74H122O6. The van der Waals surface area contributed by atoms with Crippen molar-refractivity contribution in [3.63, 3.8) is 0 Å². The van der Waals surface area contributed by atoms with Gasteiger partial charge >= 0.3 is 0 Å². The van der Waals surface area contributed by atoms with E-state index in [1.165, 1.54) is 77.3 Å². The van der Waals surface area contributed by atoms with Crippen LogP contribution in [0.25, 0.3) is 32.3 Å². The first kappa shape index (κ1) is 90.8.